The van der Waals surface area contributed by atoms with Crippen LogP contribution in [0.1, 0.15) is 35.6 Å². The summed E-state index contributed by atoms with van der Waals surface area (Å²) in [5.41, 5.74) is 4.28. The molecule has 0 unspecified atom stereocenters. The van der Waals surface area contributed by atoms with Crippen LogP contribution in [0.15, 0.2) is 34.9 Å². The third kappa shape index (κ3) is 2.75. The lowest BCUT2D eigenvalue weighted by atomic mass is 9.83. The number of fused-ring (bicyclic) bond motifs is 4. The zero-order valence-corrected chi connectivity index (χ0v) is 15.5. The Bertz CT molecular complexity index is 995. The maximum atomic E-state index is 12.6. The molecule has 5 rings (SSSR count). The lowest BCUT2D eigenvalue weighted by molar-refractivity contribution is -0.140. The van der Waals surface area contributed by atoms with Crippen LogP contribution in [0.5, 0.6) is 0 Å². The highest BCUT2D eigenvalue weighted by molar-refractivity contribution is 5.85. The van der Waals surface area contributed by atoms with E-state index >= 15 is 0 Å². The van der Waals surface area contributed by atoms with E-state index in [0.29, 0.717) is 18.8 Å². The lowest BCUT2D eigenvalue weighted by Gasteiger charge is -2.43. The summed E-state index contributed by atoms with van der Waals surface area (Å²) < 4.78 is 11.5. The van der Waals surface area contributed by atoms with Gasteiger partial charge in [-0.2, -0.15) is 0 Å². The number of benzene rings is 1. The average molecular weight is 365 g/mol. The molecule has 6 nitrogen and oxygen atoms in total. The number of hydrogen-bond donors (Lipinski definition) is 1. The van der Waals surface area contributed by atoms with Gasteiger partial charge in [-0.15, -0.1) is 0 Å². The highest BCUT2D eigenvalue weighted by Gasteiger charge is 2.43. The van der Waals surface area contributed by atoms with Crippen molar-refractivity contribution in [3.8, 4) is 0 Å². The molecule has 0 radical (unpaired) electrons. The van der Waals surface area contributed by atoms with Crippen LogP contribution < -0.4 is 0 Å². The number of nitrogens with zero attached hydrogens (tertiary/aromatic N) is 2. The summed E-state index contributed by atoms with van der Waals surface area (Å²) in [6, 6.07) is 10.3. The third-order valence-corrected chi connectivity index (χ3v) is 5.93. The van der Waals surface area contributed by atoms with Crippen molar-refractivity contribution >= 4 is 16.8 Å². The molecule has 1 saturated heterocycles. The molecule has 1 fully saturated rings. The van der Waals surface area contributed by atoms with Gasteiger partial charge in [-0.1, -0.05) is 23.4 Å². The van der Waals surface area contributed by atoms with Crippen LogP contribution in [0, 0.1) is 6.92 Å². The number of aromatic nitrogens is 2. The van der Waals surface area contributed by atoms with Crippen LogP contribution in [-0.2, 0) is 28.0 Å². The van der Waals surface area contributed by atoms with Gasteiger partial charge in [-0.05, 0) is 37.8 Å². The molecule has 1 spiro atoms. The summed E-state index contributed by atoms with van der Waals surface area (Å²) >= 11 is 0. The van der Waals surface area contributed by atoms with Crippen molar-refractivity contribution in [1.29, 1.82) is 0 Å². The zero-order chi connectivity index (χ0) is 18.4. The number of aromatic amines is 1. The second-order valence-corrected chi connectivity index (χ2v) is 7.61. The van der Waals surface area contributed by atoms with Crippen LogP contribution in [0.2, 0.25) is 0 Å². The monoisotopic (exact) mass is 365 g/mol. The Hall–Kier alpha value is -2.60. The number of likely N-dealkylation sites (tertiary alicyclic amines) is 1. The average Bonchev–Trinajstić information content (AvgIpc) is 3.27. The number of ether oxygens (including phenoxy) is 1. The minimum Gasteiger partial charge on any atom is -0.368 e. The van der Waals surface area contributed by atoms with Gasteiger partial charge in [-0.3, -0.25) is 4.79 Å². The molecule has 1 amide bonds. The maximum absolute atomic E-state index is 12.6. The number of hydrogen-bond acceptors (Lipinski definition) is 4. The number of piperidine rings is 1. The summed E-state index contributed by atoms with van der Waals surface area (Å²) in [5, 5.41) is 5.16. The van der Waals surface area contributed by atoms with Gasteiger partial charge in [0.25, 0.3) is 0 Å². The van der Waals surface area contributed by atoms with Crippen LogP contribution in [0.4, 0.5) is 0 Å². The van der Waals surface area contributed by atoms with Gasteiger partial charge >= 0.3 is 0 Å². The normalized spacial score (nSPS) is 18.8. The van der Waals surface area contributed by atoms with E-state index in [2.05, 4.69) is 34.4 Å². The molecule has 3 aromatic rings. The molecule has 0 saturated carbocycles. The quantitative estimate of drug-likeness (QED) is 0.757. The van der Waals surface area contributed by atoms with Crippen molar-refractivity contribution in [2.45, 2.75) is 38.2 Å². The van der Waals surface area contributed by atoms with Gasteiger partial charge in [0, 0.05) is 30.1 Å². The first-order valence-electron chi connectivity index (χ1n) is 9.59. The first-order valence-corrected chi connectivity index (χ1v) is 9.59. The topological polar surface area (TPSA) is 71.4 Å². The van der Waals surface area contributed by atoms with E-state index in [4.69, 9.17) is 9.26 Å². The number of nitrogens with one attached hydrogen (secondary N) is 1. The largest absolute Gasteiger partial charge is 0.368 e. The Balaban J connectivity index is 1.35. The third-order valence-electron chi connectivity index (χ3n) is 5.93. The van der Waals surface area contributed by atoms with Gasteiger partial charge < -0.3 is 19.1 Å². The predicted molar refractivity (Wildman–Crippen MR) is 100 cm³/mol. The summed E-state index contributed by atoms with van der Waals surface area (Å²) in [4.78, 5) is 18.2. The number of aryl methyl sites for hydroxylation is 1. The van der Waals surface area contributed by atoms with Crippen molar-refractivity contribution < 1.29 is 14.1 Å². The molecular formula is C21H23N3O3. The molecule has 140 valence electrons. The van der Waals surface area contributed by atoms with Crippen LogP contribution >= 0.6 is 0 Å². The predicted octanol–water partition coefficient (Wildman–Crippen LogP) is 3.10. The number of amides is 1. The highest BCUT2D eigenvalue weighted by Crippen LogP contribution is 2.43. The summed E-state index contributed by atoms with van der Waals surface area (Å²) in [6.07, 6.45) is 2.84. The van der Waals surface area contributed by atoms with Gasteiger partial charge in [0.05, 0.1) is 24.4 Å². The van der Waals surface area contributed by atoms with Crippen LogP contribution in [0.3, 0.4) is 0 Å². The van der Waals surface area contributed by atoms with Crippen LogP contribution in [0.25, 0.3) is 10.9 Å². The van der Waals surface area contributed by atoms with Crippen molar-refractivity contribution in [3.63, 3.8) is 0 Å². The molecule has 4 heterocycles. The first kappa shape index (κ1) is 16.6. The number of H-pyrrole nitrogens is 1. The fourth-order valence-corrected chi connectivity index (χ4v) is 4.54. The minimum absolute atomic E-state index is 0.0914. The Labute approximate surface area is 157 Å². The number of carbonyl (C=O) groups excluding carboxylic acids is 1. The Kier molecular flexibility index (Phi) is 3.82. The lowest BCUT2D eigenvalue weighted by Crippen LogP contribution is -2.48. The van der Waals surface area contributed by atoms with E-state index in [-0.39, 0.29) is 17.9 Å². The summed E-state index contributed by atoms with van der Waals surface area (Å²) in [6.45, 7) is 3.99. The van der Waals surface area contributed by atoms with E-state index in [9.17, 15) is 4.79 Å². The smallest absolute Gasteiger partial charge is 0.230 e. The SMILES string of the molecule is Cc1cc(CC(=O)N2CCC3(CC2)OCCc2c3[nH]c3ccccc23)on1. The fraction of sp³-hybridized carbons (Fsp3) is 0.429. The number of para-hydroxylation sites is 1. The van der Waals surface area contributed by atoms with Gasteiger partial charge in [-0.25, -0.2) is 0 Å². The molecule has 1 N–H and O–H groups in total. The molecule has 6 heteroatoms. The van der Waals surface area contributed by atoms with Gasteiger partial charge in [0.15, 0.2) is 0 Å². The zero-order valence-electron chi connectivity index (χ0n) is 15.5. The molecule has 27 heavy (non-hydrogen) atoms. The maximum Gasteiger partial charge on any atom is 0.230 e. The molecule has 0 bridgehead atoms. The number of rotatable bonds is 2. The van der Waals surface area contributed by atoms with E-state index < -0.39 is 0 Å². The highest BCUT2D eigenvalue weighted by atomic mass is 16.5. The second-order valence-electron chi connectivity index (χ2n) is 7.61. The van der Waals surface area contributed by atoms with Gasteiger partial charge in [0.2, 0.25) is 5.91 Å². The molecule has 0 aliphatic carbocycles. The first-order chi connectivity index (χ1) is 13.1. The van der Waals surface area contributed by atoms with Gasteiger partial charge in [0.1, 0.15) is 11.4 Å². The number of carbonyl (C=O) groups is 1. The van der Waals surface area contributed by atoms with E-state index in [1.165, 1.54) is 22.2 Å². The van der Waals surface area contributed by atoms with E-state index in [1.807, 2.05) is 17.9 Å². The Morgan fingerprint density at radius 1 is 1.30 bits per heavy atom. The van der Waals surface area contributed by atoms with Crippen LogP contribution in [-0.4, -0.2) is 40.6 Å². The summed E-state index contributed by atoms with van der Waals surface area (Å²) in [7, 11) is 0. The van der Waals surface area contributed by atoms with Crippen molar-refractivity contribution in [2.75, 3.05) is 19.7 Å². The summed E-state index contributed by atoms with van der Waals surface area (Å²) in [5.74, 6) is 0.721. The second kappa shape index (κ2) is 6.23. The molecule has 2 aliphatic rings. The Morgan fingerprint density at radius 2 is 2.11 bits per heavy atom. The van der Waals surface area contributed by atoms with Crippen molar-refractivity contribution in [1.82, 2.24) is 15.0 Å². The van der Waals surface area contributed by atoms with Crippen molar-refractivity contribution in [3.05, 3.63) is 53.0 Å². The Morgan fingerprint density at radius 3 is 2.89 bits per heavy atom. The standard InChI is InChI=1S/C21H23N3O3/c1-14-12-15(27-23-14)13-19(25)24-9-7-21(8-10-24)20-17(6-11-26-21)16-4-2-3-5-18(16)22-20/h2-5,12,22H,6-11,13H2,1H3. The van der Waals surface area contributed by atoms with Crippen molar-refractivity contribution in [2.24, 2.45) is 0 Å². The molecular weight excluding hydrogens is 342 g/mol. The fourth-order valence-electron chi connectivity index (χ4n) is 4.54. The molecule has 2 aliphatic heterocycles. The molecule has 2 aromatic heterocycles. The van der Waals surface area contributed by atoms with E-state index in [1.54, 1.807) is 0 Å². The van der Waals surface area contributed by atoms with E-state index in [0.717, 1.165) is 31.6 Å². The minimum atomic E-state index is -0.299. The molecule has 0 atom stereocenters. The molecule has 1 aromatic carbocycles.